The van der Waals surface area contributed by atoms with Crippen LogP contribution in [0.25, 0.3) is 11.0 Å². The third-order valence-electron chi connectivity index (χ3n) is 7.68. The lowest BCUT2D eigenvalue weighted by atomic mass is 10.0. The van der Waals surface area contributed by atoms with Gasteiger partial charge in [-0.1, -0.05) is 30.3 Å². The summed E-state index contributed by atoms with van der Waals surface area (Å²) in [6.45, 7) is 5.29. The maximum Gasteiger partial charge on any atom is 0.291 e. The number of benzene rings is 4. The molecular weight excluding hydrogens is 570 g/mol. The Labute approximate surface area is 261 Å². The predicted octanol–water partition coefficient (Wildman–Crippen LogP) is 6.30. The van der Waals surface area contributed by atoms with Crippen LogP contribution < -0.4 is 20.8 Å². The molecule has 1 heterocycles. The number of methoxy groups -OCH3 is 1. The molecule has 0 bridgehead atoms. The van der Waals surface area contributed by atoms with Crippen molar-refractivity contribution in [1.29, 1.82) is 0 Å². The molecule has 4 aromatic carbocycles. The van der Waals surface area contributed by atoms with Crippen LogP contribution in [-0.4, -0.2) is 42.5 Å². The van der Waals surface area contributed by atoms with Crippen LogP contribution in [0.5, 0.6) is 11.5 Å². The quantitative estimate of drug-likeness (QED) is 0.171. The zero-order chi connectivity index (χ0) is 32.1. The van der Waals surface area contributed by atoms with Gasteiger partial charge in [0.15, 0.2) is 22.7 Å². The lowest BCUT2D eigenvalue weighted by Gasteiger charge is -2.17. The van der Waals surface area contributed by atoms with Gasteiger partial charge < -0.3 is 29.8 Å². The number of fused-ring (bicyclic) bond motifs is 1. The summed E-state index contributed by atoms with van der Waals surface area (Å²) >= 11 is 0. The number of hydrogen-bond donors (Lipinski definition) is 3. The fourth-order valence-electron chi connectivity index (χ4n) is 4.99. The fraction of sp³-hybridized carbons (Fsp3) is 0.194. The summed E-state index contributed by atoms with van der Waals surface area (Å²) in [4.78, 5) is 41.3. The van der Waals surface area contributed by atoms with Gasteiger partial charge in [0, 0.05) is 24.8 Å². The molecule has 5 rings (SSSR count). The Hall–Kier alpha value is -5.41. The second kappa shape index (κ2) is 13.5. The van der Waals surface area contributed by atoms with Crippen LogP contribution in [0.2, 0.25) is 0 Å². The number of aromatic hydroxyl groups is 1. The van der Waals surface area contributed by atoms with Crippen molar-refractivity contribution < 1.29 is 23.8 Å². The molecule has 0 radical (unpaired) electrons. The number of amides is 2. The number of rotatable bonds is 10. The van der Waals surface area contributed by atoms with Gasteiger partial charge >= 0.3 is 0 Å². The van der Waals surface area contributed by atoms with Crippen molar-refractivity contribution in [3.05, 3.63) is 129 Å². The second-order valence-electron chi connectivity index (χ2n) is 11.1. The van der Waals surface area contributed by atoms with Gasteiger partial charge in [-0.15, -0.1) is 0 Å². The predicted molar refractivity (Wildman–Crippen MR) is 175 cm³/mol. The molecule has 0 aliphatic rings. The summed E-state index contributed by atoms with van der Waals surface area (Å²) in [6, 6.07) is 24.3. The largest absolute Gasteiger partial charge is 0.504 e. The summed E-state index contributed by atoms with van der Waals surface area (Å²) in [5.74, 6) is -0.593. The van der Waals surface area contributed by atoms with Gasteiger partial charge in [-0.3, -0.25) is 14.4 Å². The van der Waals surface area contributed by atoms with E-state index >= 15 is 0 Å². The van der Waals surface area contributed by atoms with Gasteiger partial charge in [-0.25, -0.2) is 0 Å². The molecule has 0 atom stereocenters. The molecule has 0 unspecified atom stereocenters. The zero-order valence-corrected chi connectivity index (χ0v) is 25.6. The molecule has 0 aliphatic heterocycles. The summed E-state index contributed by atoms with van der Waals surface area (Å²) < 4.78 is 10.9. The molecule has 3 N–H and O–H groups in total. The molecule has 2 amide bonds. The molecule has 5 aromatic rings. The first-order valence-corrected chi connectivity index (χ1v) is 14.5. The SMILES string of the molecule is COc1cc(CN(C)CCc2ccc(NC(=O)c3cc(C)c(C)cc3NC(=O)c3cc(=O)c4ccccc4o3)cc2)ccc1O. The van der Waals surface area contributed by atoms with E-state index in [2.05, 4.69) is 15.5 Å². The molecule has 1 aromatic heterocycles. The smallest absolute Gasteiger partial charge is 0.291 e. The minimum atomic E-state index is -0.631. The van der Waals surface area contributed by atoms with Crippen molar-refractivity contribution in [2.75, 3.05) is 31.3 Å². The standard InChI is InChI=1S/C36H35N3O6/c1-22-17-28(29(18-23(22)2)38-36(43)34-20-31(41)27-7-5-6-8-32(27)45-34)35(42)37-26-12-9-24(10-13-26)15-16-39(3)21-25-11-14-30(40)33(19-25)44-4/h5-14,17-20,40H,15-16,21H2,1-4H3,(H,37,42)(H,38,43). The summed E-state index contributed by atoms with van der Waals surface area (Å²) in [6.07, 6.45) is 0.804. The molecule has 230 valence electrons. The van der Waals surface area contributed by atoms with E-state index in [0.717, 1.165) is 41.3 Å². The van der Waals surface area contributed by atoms with Crippen LogP contribution in [0.15, 0.2) is 94.1 Å². The molecule has 0 fully saturated rings. The lowest BCUT2D eigenvalue weighted by Crippen LogP contribution is -2.21. The molecule has 0 aliphatic carbocycles. The van der Waals surface area contributed by atoms with E-state index in [0.29, 0.717) is 34.6 Å². The maximum atomic E-state index is 13.4. The third-order valence-corrected chi connectivity index (χ3v) is 7.68. The monoisotopic (exact) mass is 605 g/mol. The summed E-state index contributed by atoms with van der Waals surface area (Å²) in [5, 5.41) is 15.9. The number of para-hydroxylation sites is 1. The van der Waals surface area contributed by atoms with Gasteiger partial charge in [-0.05, 0) is 98.1 Å². The zero-order valence-electron chi connectivity index (χ0n) is 25.6. The van der Waals surface area contributed by atoms with Crippen molar-refractivity contribution in [2.24, 2.45) is 0 Å². The van der Waals surface area contributed by atoms with Crippen LogP contribution in [0, 0.1) is 13.8 Å². The van der Waals surface area contributed by atoms with E-state index in [9.17, 15) is 19.5 Å². The number of likely N-dealkylation sites (N-methyl/N-ethyl adjacent to an activating group) is 1. The van der Waals surface area contributed by atoms with E-state index in [1.165, 1.54) is 7.11 Å². The number of nitrogens with zero attached hydrogens (tertiary/aromatic N) is 1. The normalized spacial score (nSPS) is 11.0. The maximum absolute atomic E-state index is 13.4. The van der Waals surface area contributed by atoms with Crippen molar-refractivity contribution in [1.82, 2.24) is 4.90 Å². The first-order valence-electron chi connectivity index (χ1n) is 14.5. The minimum absolute atomic E-state index is 0.116. The summed E-state index contributed by atoms with van der Waals surface area (Å²) in [5.41, 5.74) is 5.11. The lowest BCUT2D eigenvalue weighted by molar-refractivity contribution is 0.0997. The number of hydrogen-bond acceptors (Lipinski definition) is 7. The van der Waals surface area contributed by atoms with Crippen LogP contribution in [0.1, 0.15) is 43.2 Å². The number of carbonyl (C=O) groups is 2. The van der Waals surface area contributed by atoms with Crippen molar-refractivity contribution in [3.8, 4) is 11.5 Å². The molecule has 45 heavy (non-hydrogen) atoms. The van der Waals surface area contributed by atoms with Crippen molar-refractivity contribution in [3.63, 3.8) is 0 Å². The molecule has 9 heteroatoms. The highest BCUT2D eigenvalue weighted by Crippen LogP contribution is 2.27. The fourth-order valence-corrected chi connectivity index (χ4v) is 4.99. The van der Waals surface area contributed by atoms with Crippen LogP contribution >= 0.6 is 0 Å². The Bertz CT molecular complexity index is 1930. The van der Waals surface area contributed by atoms with E-state index in [-0.39, 0.29) is 28.4 Å². The van der Waals surface area contributed by atoms with Gasteiger partial charge in [0.2, 0.25) is 0 Å². The van der Waals surface area contributed by atoms with Crippen LogP contribution in [0.3, 0.4) is 0 Å². The van der Waals surface area contributed by atoms with E-state index in [4.69, 9.17) is 9.15 Å². The van der Waals surface area contributed by atoms with Gasteiger partial charge in [0.05, 0.1) is 23.7 Å². The highest BCUT2D eigenvalue weighted by Gasteiger charge is 2.19. The number of aryl methyl sites for hydroxylation is 2. The Morgan fingerprint density at radius 3 is 2.33 bits per heavy atom. The highest BCUT2D eigenvalue weighted by atomic mass is 16.5. The van der Waals surface area contributed by atoms with E-state index in [1.807, 2.05) is 57.3 Å². The Morgan fingerprint density at radius 1 is 0.867 bits per heavy atom. The van der Waals surface area contributed by atoms with Crippen molar-refractivity contribution >= 4 is 34.2 Å². The number of ether oxygens (including phenoxy) is 1. The number of nitrogens with one attached hydrogen (secondary N) is 2. The average Bonchev–Trinajstić information content (AvgIpc) is 3.03. The Morgan fingerprint density at radius 2 is 1.58 bits per heavy atom. The first kappa shape index (κ1) is 31.0. The van der Waals surface area contributed by atoms with E-state index < -0.39 is 5.91 Å². The van der Waals surface area contributed by atoms with Gasteiger partial charge in [-0.2, -0.15) is 0 Å². The van der Waals surface area contributed by atoms with Crippen molar-refractivity contribution in [2.45, 2.75) is 26.8 Å². The van der Waals surface area contributed by atoms with E-state index in [1.54, 1.807) is 42.5 Å². The second-order valence-corrected chi connectivity index (χ2v) is 11.1. The topological polar surface area (TPSA) is 121 Å². The molecule has 9 nitrogen and oxygen atoms in total. The third kappa shape index (κ3) is 7.39. The summed E-state index contributed by atoms with van der Waals surface area (Å²) in [7, 11) is 3.56. The average molecular weight is 606 g/mol. The number of phenolic OH excluding ortho intramolecular Hbond substituents is 1. The van der Waals surface area contributed by atoms with Crippen LogP contribution in [-0.2, 0) is 13.0 Å². The minimum Gasteiger partial charge on any atom is -0.504 e. The number of carbonyl (C=O) groups excluding carboxylic acids is 2. The van der Waals surface area contributed by atoms with Gasteiger partial charge in [0.1, 0.15) is 5.58 Å². The molecule has 0 saturated heterocycles. The Kier molecular flexibility index (Phi) is 9.30. The molecule has 0 spiro atoms. The molecular formula is C36H35N3O6. The van der Waals surface area contributed by atoms with Gasteiger partial charge in [0.25, 0.3) is 11.8 Å². The number of phenols is 1. The number of anilines is 2. The Balaban J connectivity index is 1.24. The first-order chi connectivity index (χ1) is 21.6. The highest BCUT2D eigenvalue weighted by molar-refractivity contribution is 6.12. The molecule has 0 saturated carbocycles. The van der Waals surface area contributed by atoms with Crippen LogP contribution in [0.4, 0.5) is 11.4 Å².